The highest BCUT2D eigenvalue weighted by molar-refractivity contribution is 7.88. The van der Waals surface area contributed by atoms with Crippen LogP contribution in [0.15, 0.2) is 24.3 Å². The van der Waals surface area contributed by atoms with Gasteiger partial charge >= 0.3 is 0 Å². The molecule has 0 radical (unpaired) electrons. The Morgan fingerprint density at radius 1 is 1.17 bits per heavy atom. The summed E-state index contributed by atoms with van der Waals surface area (Å²) in [6.45, 7) is 5.87. The molecule has 1 aromatic carbocycles. The number of carbonyl (C=O) groups excluding carboxylic acids is 1. The van der Waals surface area contributed by atoms with Gasteiger partial charge in [-0.15, -0.1) is 0 Å². The molecule has 0 saturated carbocycles. The van der Waals surface area contributed by atoms with Crippen molar-refractivity contribution in [2.45, 2.75) is 32.4 Å². The summed E-state index contributed by atoms with van der Waals surface area (Å²) in [6, 6.07) is 6.99. The lowest BCUT2D eigenvalue weighted by Gasteiger charge is -2.22. The molecule has 1 aliphatic heterocycles. The van der Waals surface area contributed by atoms with Crippen LogP contribution in [0.5, 0.6) is 0 Å². The minimum absolute atomic E-state index is 0.105. The summed E-state index contributed by atoms with van der Waals surface area (Å²) in [5, 5.41) is 0.463. The summed E-state index contributed by atoms with van der Waals surface area (Å²) in [6.07, 6.45) is 1.16. The predicted octanol–water partition coefficient (Wildman–Crippen LogP) is 2.75. The molecule has 134 valence electrons. The number of halogens is 1. The van der Waals surface area contributed by atoms with Gasteiger partial charge in [0.15, 0.2) is 0 Å². The highest BCUT2D eigenvalue weighted by Crippen LogP contribution is 2.20. The van der Waals surface area contributed by atoms with Crippen molar-refractivity contribution in [2.75, 3.05) is 26.2 Å². The Balaban J connectivity index is 2.02. The summed E-state index contributed by atoms with van der Waals surface area (Å²) in [5.74, 6) is 0.309. The highest BCUT2D eigenvalue weighted by Gasteiger charge is 2.27. The van der Waals surface area contributed by atoms with E-state index < -0.39 is 10.0 Å². The van der Waals surface area contributed by atoms with Gasteiger partial charge in [-0.1, -0.05) is 43.6 Å². The third kappa shape index (κ3) is 5.19. The molecule has 1 saturated heterocycles. The van der Waals surface area contributed by atoms with Gasteiger partial charge in [-0.2, -0.15) is 4.31 Å². The van der Waals surface area contributed by atoms with Crippen LogP contribution in [-0.4, -0.2) is 49.7 Å². The number of benzene rings is 1. The molecule has 0 N–H and O–H groups in total. The normalized spacial score (nSPS) is 17.1. The van der Waals surface area contributed by atoms with E-state index in [0.29, 0.717) is 55.5 Å². The van der Waals surface area contributed by atoms with Gasteiger partial charge in [-0.3, -0.25) is 4.79 Å². The zero-order valence-electron chi connectivity index (χ0n) is 14.2. The van der Waals surface area contributed by atoms with Crippen LogP contribution < -0.4 is 0 Å². The minimum Gasteiger partial charge on any atom is -0.341 e. The number of hydrogen-bond acceptors (Lipinski definition) is 3. The second kappa shape index (κ2) is 8.32. The monoisotopic (exact) mass is 372 g/mol. The highest BCUT2D eigenvalue weighted by atomic mass is 35.5. The van der Waals surface area contributed by atoms with Crippen LogP contribution >= 0.6 is 11.6 Å². The van der Waals surface area contributed by atoms with Gasteiger partial charge in [-0.05, 0) is 24.0 Å². The second-order valence-corrected chi connectivity index (χ2v) is 8.96. The van der Waals surface area contributed by atoms with E-state index in [4.69, 9.17) is 11.6 Å². The standard InChI is InChI=1S/C17H25ClN2O3S/c1-14(2)12-17(21)19-8-5-9-20(11-10-19)24(22,23)13-15-6-3-4-7-16(15)18/h3-4,6-7,14H,5,8-13H2,1-2H3. The first kappa shape index (κ1) is 19.2. The third-order valence-electron chi connectivity index (χ3n) is 4.08. The quantitative estimate of drug-likeness (QED) is 0.798. The van der Waals surface area contributed by atoms with E-state index in [2.05, 4.69) is 0 Å². The molecule has 0 atom stereocenters. The first-order valence-corrected chi connectivity index (χ1v) is 10.3. The fraction of sp³-hybridized carbons (Fsp3) is 0.588. The van der Waals surface area contributed by atoms with Gasteiger partial charge in [0, 0.05) is 37.6 Å². The van der Waals surface area contributed by atoms with Crippen LogP contribution in [0.1, 0.15) is 32.3 Å². The van der Waals surface area contributed by atoms with Gasteiger partial charge < -0.3 is 4.90 Å². The topological polar surface area (TPSA) is 57.7 Å². The Bertz CT molecular complexity index is 676. The molecule has 0 bridgehead atoms. The molecule has 0 aromatic heterocycles. The second-order valence-electron chi connectivity index (χ2n) is 6.58. The summed E-state index contributed by atoms with van der Waals surface area (Å²) >= 11 is 6.08. The number of sulfonamides is 1. The Hall–Kier alpha value is -1.11. The molecule has 1 heterocycles. The fourth-order valence-electron chi connectivity index (χ4n) is 2.80. The molecule has 0 aliphatic carbocycles. The number of nitrogens with zero attached hydrogens (tertiary/aromatic N) is 2. The van der Waals surface area contributed by atoms with Gasteiger partial charge in [-0.25, -0.2) is 8.42 Å². The molecule has 5 nitrogen and oxygen atoms in total. The summed E-state index contributed by atoms with van der Waals surface area (Å²) in [4.78, 5) is 14.0. The number of amides is 1. The lowest BCUT2D eigenvalue weighted by molar-refractivity contribution is -0.131. The molecular formula is C17H25ClN2O3S. The molecule has 1 aliphatic rings. The molecule has 1 fully saturated rings. The van der Waals surface area contributed by atoms with E-state index in [1.807, 2.05) is 13.8 Å². The average molecular weight is 373 g/mol. The largest absolute Gasteiger partial charge is 0.341 e. The van der Waals surface area contributed by atoms with Gasteiger partial charge in [0.25, 0.3) is 0 Å². The SMILES string of the molecule is CC(C)CC(=O)N1CCCN(S(=O)(=O)Cc2ccccc2Cl)CC1. The number of hydrogen-bond donors (Lipinski definition) is 0. The van der Waals surface area contributed by atoms with Crippen LogP contribution in [-0.2, 0) is 20.6 Å². The van der Waals surface area contributed by atoms with Crippen molar-refractivity contribution >= 4 is 27.5 Å². The van der Waals surface area contributed by atoms with Crippen molar-refractivity contribution in [1.82, 2.24) is 9.21 Å². The maximum atomic E-state index is 12.7. The molecule has 0 unspecified atom stereocenters. The van der Waals surface area contributed by atoms with E-state index in [1.54, 1.807) is 29.2 Å². The molecule has 2 rings (SSSR count). The van der Waals surface area contributed by atoms with Gasteiger partial charge in [0.1, 0.15) is 0 Å². The van der Waals surface area contributed by atoms with Crippen molar-refractivity contribution < 1.29 is 13.2 Å². The Kier molecular flexibility index (Phi) is 6.66. The molecule has 24 heavy (non-hydrogen) atoms. The van der Waals surface area contributed by atoms with Crippen LogP contribution in [0.4, 0.5) is 0 Å². The lowest BCUT2D eigenvalue weighted by atomic mass is 10.1. The van der Waals surface area contributed by atoms with E-state index in [-0.39, 0.29) is 11.7 Å². The van der Waals surface area contributed by atoms with E-state index >= 15 is 0 Å². The number of rotatable bonds is 5. The summed E-state index contributed by atoms with van der Waals surface area (Å²) in [5.41, 5.74) is 0.608. The molecule has 1 aromatic rings. The van der Waals surface area contributed by atoms with Crippen molar-refractivity contribution in [2.24, 2.45) is 5.92 Å². The first-order valence-electron chi connectivity index (χ1n) is 8.28. The maximum absolute atomic E-state index is 12.7. The zero-order chi connectivity index (χ0) is 17.7. The molecule has 7 heteroatoms. The van der Waals surface area contributed by atoms with Crippen LogP contribution in [0.3, 0.4) is 0 Å². The Morgan fingerprint density at radius 3 is 2.54 bits per heavy atom. The molecule has 0 spiro atoms. The fourth-order valence-corrected chi connectivity index (χ4v) is 4.68. The van der Waals surface area contributed by atoms with E-state index in [9.17, 15) is 13.2 Å². The maximum Gasteiger partial charge on any atom is 0.222 e. The van der Waals surface area contributed by atoms with Crippen molar-refractivity contribution in [3.8, 4) is 0 Å². The van der Waals surface area contributed by atoms with Crippen LogP contribution in [0.2, 0.25) is 5.02 Å². The van der Waals surface area contributed by atoms with E-state index in [0.717, 1.165) is 0 Å². The molecule has 1 amide bonds. The van der Waals surface area contributed by atoms with E-state index in [1.165, 1.54) is 4.31 Å². The van der Waals surface area contributed by atoms with Crippen LogP contribution in [0.25, 0.3) is 0 Å². The van der Waals surface area contributed by atoms with Crippen molar-refractivity contribution in [3.63, 3.8) is 0 Å². The number of carbonyl (C=O) groups is 1. The zero-order valence-corrected chi connectivity index (χ0v) is 15.8. The third-order valence-corrected chi connectivity index (χ3v) is 6.28. The van der Waals surface area contributed by atoms with Gasteiger partial charge in [0.05, 0.1) is 5.75 Å². The smallest absolute Gasteiger partial charge is 0.222 e. The Labute approximate surface area is 149 Å². The van der Waals surface area contributed by atoms with Crippen LogP contribution in [0, 0.1) is 5.92 Å². The van der Waals surface area contributed by atoms with Crippen molar-refractivity contribution in [3.05, 3.63) is 34.9 Å². The molecular weight excluding hydrogens is 348 g/mol. The minimum atomic E-state index is -3.44. The summed E-state index contributed by atoms with van der Waals surface area (Å²) in [7, 11) is -3.44. The predicted molar refractivity (Wildman–Crippen MR) is 96.3 cm³/mol. The first-order chi connectivity index (χ1) is 11.3. The Morgan fingerprint density at radius 2 is 1.88 bits per heavy atom. The van der Waals surface area contributed by atoms with Crippen molar-refractivity contribution in [1.29, 1.82) is 0 Å². The average Bonchev–Trinajstić information content (AvgIpc) is 2.75. The summed E-state index contributed by atoms with van der Waals surface area (Å²) < 4.78 is 26.8. The van der Waals surface area contributed by atoms with Gasteiger partial charge in [0.2, 0.25) is 15.9 Å². The lowest BCUT2D eigenvalue weighted by Crippen LogP contribution is -2.38.